The van der Waals surface area contributed by atoms with Crippen LogP contribution in [0.5, 0.6) is 0 Å². The molecule has 0 rings (SSSR count). The van der Waals surface area contributed by atoms with Gasteiger partial charge in [-0.3, -0.25) is 9.59 Å². The van der Waals surface area contributed by atoms with E-state index >= 15 is 0 Å². The van der Waals surface area contributed by atoms with E-state index in [-0.39, 0.29) is 18.5 Å². The lowest BCUT2D eigenvalue weighted by molar-refractivity contribution is -0.143. The summed E-state index contributed by atoms with van der Waals surface area (Å²) in [6.07, 6.45) is 105. The quantitative estimate of drug-likeness (QED) is 0.0320. The molecule has 0 fully saturated rings. The highest BCUT2D eigenvalue weighted by Gasteiger charge is 2.18. The van der Waals surface area contributed by atoms with Gasteiger partial charge in [-0.25, -0.2) is 0 Å². The van der Waals surface area contributed by atoms with Gasteiger partial charge in [0, 0.05) is 12.8 Å². The van der Waals surface area contributed by atoms with Gasteiger partial charge in [-0.05, 0) is 89.9 Å². The van der Waals surface area contributed by atoms with Crippen molar-refractivity contribution in [3.63, 3.8) is 0 Å². The highest BCUT2D eigenvalue weighted by Crippen LogP contribution is 2.19. The van der Waals surface area contributed by atoms with Crippen LogP contribution in [0.4, 0.5) is 0 Å². The topological polar surface area (TPSA) is 95.9 Å². The molecular formula is C84H159NO5. The number of nitrogens with one attached hydrogen (secondary N) is 1. The number of amides is 1. The molecule has 0 spiro atoms. The number of rotatable bonds is 77. The van der Waals surface area contributed by atoms with Gasteiger partial charge in [-0.1, -0.05) is 396 Å². The first kappa shape index (κ1) is 87.8. The summed E-state index contributed by atoms with van der Waals surface area (Å²) in [6.45, 7) is 4.94. The number of carbonyl (C=O) groups excluding carboxylic acids is 2. The Morgan fingerprint density at radius 2 is 0.556 bits per heavy atom. The fourth-order valence-corrected chi connectivity index (χ4v) is 12.8. The zero-order valence-corrected chi connectivity index (χ0v) is 60.9. The highest BCUT2D eigenvalue weighted by atomic mass is 16.5. The standard InChI is InChI=1S/C84H159NO5/c1-3-5-7-9-11-13-15-17-19-21-23-24-25-31-34-37-41-44-48-52-56-60-64-68-72-76-82(87)81(80-86)85-83(88)77-73-69-65-61-57-53-49-45-42-38-35-32-29-27-26-28-30-33-36-39-43-47-51-55-59-63-67-71-75-79-90-84(89)78-74-70-66-62-58-54-50-46-40-22-20-18-16-14-12-10-8-6-4-2/h18,20,26,28,33,36,72,76,81-82,86-87H,3-17,19,21-25,27,29-32,34-35,37-71,73-75,77-80H2,1-2H3,(H,85,88)/b20-18-,28-26-,36-33-,76-72+. The predicted molar refractivity (Wildman–Crippen MR) is 398 cm³/mol. The van der Waals surface area contributed by atoms with Crippen molar-refractivity contribution >= 4 is 11.9 Å². The Kier molecular flexibility index (Phi) is 77.3. The molecule has 0 aliphatic carbocycles. The molecule has 0 saturated heterocycles. The molecule has 0 aromatic carbocycles. The zero-order chi connectivity index (χ0) is 64.9. The molecule has 3 N–H and O–H groups in total. The van der Waals surface area contributed by atoms with Crippen molar-refractivity contribution in [3.05, 3.63) is 48.6 Å². The predicted octanol–water partition coefficient (Wildman–Crippen LogP) is 27.2. The molecule has 0 aromatic rings. The molecule has 0 aromatic heterocycles. The van der Waals surface area contributed by atoms with Gasteiger partial charge >= 0.3 is 5.97 Å². The van der Waals surface area contributed by atoms with E-state index in [1.807, 2.05) is 6.08 Å². The molecule has 0 saturated carbocycles. The lowest BCUT2D eigenvalue weighted by Crippen LogP contribution is -2.45. The van der Waals surface area contributed by atoms with E-state index in [4.69, 9.17) is 4.74 Å². The second kappa shape index (κ2) is 79.3. The van der Waals surface area contributed by atoms with Gasteiger partial charge in [-0.2, -0.15) is 0 Å². The van der Waals surface area contributed by atoms with Crippen molar-refractivity contribution < 1.29 is 24.5 Å². The van der Waals surface area contributed by atoms with Crippen LogP contribution in [-0.4, -0.2) is 47.4 Å². The summed E-state index contributed by atoms with van der Waals surface area (Å²) in [5.74, 6) is -0.0523. The van der Waals surface area contributed by atoms with Crippen molar-refractivity contribution in [1.82, 2.24) is 5.32 Å². The van der Waals surface area contributed by atoms with Crippen molar-refractivity contribution in [2.24, 2.45) is 0 Å². The van der Waals surface area contributed by atoms with Crippen LogP contribution >= 0.6 is 0 Å². The molecule has 6 heteroatoms. The third-order valence-electron chi connectivity index (χ3n) is 19.1. The van der Waals surface area contributed by atoms with E-state index in [0.29, 0.717) is 19.4 Å². The fraction of sp³-hybridized carbons (Fsp3) is 0.881. The maximum atomic E-state index is 12.6. The van der Waals surface area contributed by atoms with Crippen LogP contribution < -0.4 is 5.32 Å². The van der Waals surface area contributed by atoms with Gasteiger partial charge in [-0.15, -0.1) is 0 Å². The Hall–Kier alpha value is -2.18. The van der Waals surface area contributed by atoms with Gasteiger partial charge in [0.25, 0.3) is 0 Å². The maximum Gasteiger partial charge on any atom is 0.305 e. The minimum atomic E-state index is -0.848. The Morgan fingerprint density at radius 1 is 0.311 bits per heavy atom. The van der Waals surface area contributed by atoms with Crippen LogP contribution in [0.3, 0.4) is 0 Å². The summed E-state index contributed by atoms with van der Waals surface area (Å²) < 4.78 is 5.51. The monoisotopic (exact) mass is 1260 g/mol. The first-order chi connectivity index (χ1) is 44.5. The van der Waals surface area contributed by atoms with E-state index in [0.717, 1.165) is 51.4 Å². The van der Waals surface area contributed by atoms with Crippen molar-refractivity contribution in [2.75, 3.05) is 13.2 Å². The number of hydrogen-bond acceptors (Lipinski definition) is 5. The summed E-state index contributed by atoms with van der Waals surface area (Å²) in [6, 6.07) is -0.631. The number of esters is 1. The van der Waals surface area contributed by atoms with Gasteiger partial charge in [0.1, 0.15) is 0 Å². The molecule has 0 bridgehead atoms. The third-order valence-corrected chi connectivity index (χ3v) is 19.1. The molecule has 2 atom stereocenters. The lowest BCUT2D eigenvalue weighted by Gasteiger charge is -2.20. The second-order valence-corrected chi connectivity index (χ2v) is 28.1. The highest BCUT2D eigenvalue weighted by molar-refractivity contribution is 5.76. The van der Waals surface area contributed by atoms with E-state index < -0.39 is 12.1 Å². The van der Waals surface area contributed by atoms with Crippen LogP contribution in [0.2, 0.25) is 0 Å². The van der Waals surface area contributed by atoms with Crippen LogP contribution in [0.1, 0.15) is 450 Å². The van der Waals surface area contributed by atoms with E-state index in [2.05, 4.69) is 55.6 Å². The lowest BCUT2D eigenvalue weighted by atomic mass is 10.0. The minimum Gasteiger partial charge on any atom is -0.466 e. The van der Waals surface area contributed by atoms with Gasteiger partial charge < -0.3 is 20.3 Å². The van der Waals surface area contributed by atoms with Crippen LogP contribution in [0, 0.1) is 0 Å². The van der Waals surface area contributed by atoms with Crippen molar-refractivity contribution in [3.8, 4) is 0 Å². The maximum absolute atomic E-state index is 12.6. The van der Waals surface area contributed by atoms with E-state index in [9.17, 15) is 19.8 Å². The SMILES string of the molecule is CCCCCCCC/C=C\CCCCCCCCCCCC(=O)OCCCCCCCCCCC/C=C\C/C=C\CCCCCCCCCCCCCCCC(=O)NC(CO)C(O)/C=C/CCCCCCCCCCCCCCCCCCCCCCCCC. The molecule has 0 aliphatic rings. The first-order valence-corrected chi connectivity index (χ1v) is 40.9. The zero-order valence-electron chi connectivity index (χ0n) is 60.9. The van der Waals surface area contributed by atoms with Gasteiger partial charge in [0.2, 0.25) is 5.91 Å². The summed E-state index contributed by atoms with van der Waals surface area (Å²) in [5.41, 5.74) is 0. The average Bonchev–Trinajstić information content (AvgIpc) is 3.69. The molecule has 0 aliphatic heterocycles. The molecular weight excluding hydrogens is 1100 g/mol. The van der Waals surface area contributed by atoms with Gasteiger partial charge in [0.05, 0.1) is 25.4 Å². The molecule has 1 amide bonds. The largest absolute Gasteiger partial charge is 0.466 e. The summed E-state index contributed by atoms with van der Waals surface area (Å²) >= 11 is 0. The fourth-order valence-electron chi connectivity index (χ4n) is 12.8. The number of aliphatic hydroxyl groups is 2. The minimum absolute atomic E-state index is 0.0120. The number of aliphatic hydroxyl groups excluding tert-OH is 2. The van der Waals surface area contributed by atoms with E-state index in [1.165, 1.54) is 372 Å². The Labute approximate surface area is 563 Å². The number of ether oxygens (including phenoxy) is 1. The summed E-state index contributed by atoms with van der Waals surface area (Å²) in [5, 5.41) is 23.3. The average molecular weight is 1260 g/mol. The van der Waals surface area contributed by atoms with Crippen molar-refractivity contribution in [1.29, 1.82) is 0 Å². The number of carbonyl (C=O) groups is 2. The Bertz CT molecular complexity index is 1500. The molecule has 6 nitrogen and oxygen atoms in total. The smallest absolute Gasteiger partial charge is 0.305 e. The molecule has 530 valence electrons. The number of unbranched alkanes of at least 4 members (excludes halogenated alkanes) is 60. The number of allylic oxidation sites excluding steroid dienone is 7. The van der Waals surface area contributed by atoms with Crippen LogP contribution in [0.15, 0.2) is 48.6 Å². The Morgan fingerprint density at radius 3 is 0.856 bits per heavy atom. The van der Waals surface area contributed by atoms with Gasteiger partial charge in [0.15, 0.2) is 0 Å². The summed E-state index contributed by atoms with van der Waals surface area (Å²) in [7, 11) is 0. The number of hydrogen-bond donors (Lipinski definition) is 3. The van der Waals surface area contributed by atoms with Crippen LogP contribution in [-0.2, 0) is 14.3 Å². The molecule has 90 heavy (non-hydrogen) atoms. The Balaban J connectivity index is 3.42. The normalized spacial score (nSPS) is 12.7. The first-order valence-electron chi connectivity index (χ1n) is 40.9. The van der Waals surface area contributed by atoms with E-state index in [1.54, 1.807) is 6.08 Å². The summed E-state index contributed by atoms with van der Waals surface area (Å²) in [4.78, 5) is 24.7. The third kappa shape index (κ3) is 74.9. The van der Waals surface area contributed by atoms with Crippen LogP contribution in [0.25, 0.3) is 0 Å². The second-order valence-electron chi connectivity index (χ2n) is 28.1. The molecule has 0 heterocycles. The molecule has 0 radical (unpaired) electrons. The van der Waals surface area contributed by atoms with Crippen molar-refractivity contribution in [2.45, 2.75) is 463 Å². The molecule has 2 unspecified atom stereocenters.